The molecule has 0 spiro atoms. The highest BCUT2D eigenvalue weighted by Gasteiger charge is 2.21. The fourth-order valence-electron chi connectivity index (χ4n) is 2.62. The molecule has 0 atom stereocenters. The smallest absolute Gasteiger partial charge is 0.321 e. The molecular weight excluding hydrogens is 341 g/mol. The van der Waals surface area contributed by atoms with Crippen LogP contribution in [-0.4, -0.2) is 73.5 Å². The number of nitrogens with zero attached hydrogens (tertiary/aromatic N) is 2. The molecule has 142 valence electrons. The van der Waals surface area contributed by atoms with E-state index in [0.717, 1.165) is 0 Å². The van der Waals surface area contributed by atoms with Crippen LogP contribution in [0.5, 0.6) is 0 Å². The molecule has 9 heteroatoms. The minimum absolute atomic E-state index is 0.146. The van der Waals surface area contributed by atoms with Crippen molar-refractivity contribution in [1.29, 1.82) is 0 Å². The molecule has 1 aliphatic heterocycles. The molecule has 1 aromatic carbocycles. The van der Waals surface area contributed by atoms with E-state index in [4.69, 9.17) is 0 Å². The summed E-state index contributed by atoms with van der Waals surface area (Å²) in [6, 6.07) is 5.12. The standard InChI is InChI=1S/C17H24FN5O3/c1-2-19-17(26)21-16(25)12-23-9-7-22(8-10-23)11-15(24)20-14-5-3-13(18)4-6-14/h3-6H,2,7-12H2,1H3,(H,20,24)(H2,19,21,25,26). The van der Waals surface area contributed by atoms with Crippen LogP contribution in [0.25, 0.3) is 0 Å². The van der Waals surface area contributed by atoms with Crippen LogP contribution in [0.4, 0.5) is 14.9 Å². The van der Waals surface area contributed by atoms with Crippen LogP contribution in [0.15, 0.2) is 24.3 Å². The van der Waals surface area contributed by atoms with E-state index >= 15 is 0 Å². The molecule has 1 aliphatic rings. The summed E-state index contributed by atoms with van der Waals surface area (Å²) in [5.74, 6) is -0.868. The zero-order valence-electron chi connectivity index (χ0n) is 14.8. The molecule has 1 fully saturated rings. The Morgan fingerprint density at radius 2 is 1.50 bits per heavy atom. The molecule has 2 rings (SSSR count). The van der Waals surface area contributed by atoms with Crippen LogP contribution in [0.3, 0.4) is 0 Å². The van der Waals surface area contributed by atoms with Crippen molar-refractivity contribution in [3.8, 4) is 0 Å². The number of hydrogen-bond donors (Lipinski definition) is 3. The normalized spacial score (nSPS) is 15.3. The Morgan fingerprint density at radius 3 is 2.04 bits per heavy atom. The van der Waals surface area contributed by atoms with Gasteiger partial charge in [-0.2, -0.15) is 0 Å². The third kappa shape index (κ3) is 6.77. The first-order valence-corrected chi connectivity index (χ1v) is 8.54. The maximum atomic E-state index is 12.9. The third-order valence-corrected chi connectivity index (χ3v) is 3.92. The van der Waals surface area contributed by atoms with Crippen molar-refractivity contribution in [1.82, 2.24) is 20.4 Å². The van der Waals surface area contributed by atoms with Crippen molar-refractivity contribution in [3.63, 3.8) is 0 Å². The topological polar surface area (TPSA) is 93.8 Å². The second kappa shape index (κ2) is 9.83. The molecule has 0 saturated carbocycles. The predicted molar refractivity (Wildman–Crippen MR) is 95.1 cm³/mol. The molecule has 26 heavy (non-hydrogen) atoms. The van der Waals surface area contributed by atoms with Crippen molar-refractivity contribution in [2.75, 3.05) is 51.1 Å². The number of rotatable bonds is 6. The van der Waals surface area contributed by atoms with E-state index in [-0.39, 0.29) is 30.7 Å². The summed E-state index contributed by atoms with van der Waals surface area (Å²) >= 11 is 0. The molecule has 8 nitrogen and oxygen atoms in total. The lowest BCUT2D eigenvalue weighted by molar-refractivity contribution is -0.122. The van der Waals surface area contributed by atoms with Crippen molar-refractivity contribution in [2.24, 2.45) is 0 Å². The molecule has 0 unspecified atom stereocenters. The molecule has 0 radical (unpaired) electrons. The molecule has 0 aromatic heterocycles. The van der Waals surface area contributed by atoms with Crippen LogP contribution in [0, 0.1) is 5.82 Å². The zero-order chi connectivity index (χ0) is 18.9. The number of urea groups is 1. The number of hydrogen-bond acceptors (Lipinski definition) is 5. The molecular formula is C17H24FN5O3. The summed E-state index contributed by atoms with van der Waals surface area (Å²) < 4.78 is 12.9. The number of carbonyl (C=O) groups excluding carboxylic acids is 3. The predicted octanol–water partition coefficient (Wildman–Crippen LogP) is 0.228. The van der Waals surface area contributed by atoms with Crippen LogP contribution >= 0.6 is 0 Å². The van der Waals surface area contributed by atoms with Crippen molar-refractivity contribution < 1.29 is 18.8 Å². The highest BCUT2D eigenvalue weighted by Crippen LogP contribution is 2.08. The lowest BCUT2D eigenvalue weighted by Gasteiger charge is -2.33. The number of amides is 4. The fourth-order valence-corrected chi connectivity index (χ4v) is 2.62. The molecule has 0 bridgehead atoms. The number of imide groups is 1. The van der Waals surface area contributed by atoms with E-state index in [1.165, 1.54) is 24.3 Å². The summed E-state index contributed by atoms with van der Waals surface area (Å²) in [6.07, 6.45) is 0. The van der Waals surface area contributed by atoms with Gasteiger partial charge in [0.1, 0.15) is 5.82 Å². The van der Waals surface area contributed by atoms with Gasteiger partial charge in [0.15, 0.2) is 0 Å². The lowest BCUT2D eigenvalue weighted by atomic mass is 10.3. The molecule has 4 amide bonds. The van der Waals surface area contributed by atoms with Crippen molar-refractivity contribution >= 4 is 23.5 Å². The fraction of sp³-hybridized carbons (Fsp3) is 0.471. The molecule has 0 aliphatic carbocycles. The average molecular weight is 365 g/mol. The van der Waals surface area contributed by atoms with Crippen LogP contribution < -0.4 is 16.0 Å². The highest BCUT2D eigenvalue weighted by molar-refractivity contribution is 5.95. The number of anilines is 1. The summed E-state index contributed by atoms with van der Waals surface area (Å²) in [6.45, 7) is 5.16. The minimum Gasteiger partial charge on any atom is -0.338 e. The minimum atomic E-state index is -0.492. The molecule has 1 saturated heterocycles. The van der Waals surface area contributed by atoms with E-state index in [1.807, 2.05) is 9.80 Å². The second-order valence-electron chi connectivity index (χ2n) is 6.01. The van der Waals surface area contributed by atoms with Crippen LogP contribution in [0.2, 0.25) is 0 Å². The van der Waals surface area contributed by atoms with Gasteiger partial charge < -0.3 is 10.6 Å². The van der Waals surface area contributed by atoms with Crippen LogP contribution in [0.1, 0.15) is 6.92 Å². The van der Waals surface area contributed by atoms with Gasteiger partial charge in [-0.1, -0.05) is 0 Å². The SMILES string of the molecule is CCNC(=O)NC(=O)CN1CCN(CC(=O)Nc2ccc(F)cc2)CC1. The summed E-state index contributed by atoms with van der Waals surface area (Å²) in [4.78, 5) is 39.0. The van der Waals surface area contributed by atoms with E-state index in [2.05, 4.69) is 16.0 Å². The number of halogens is 1. The first-order valence-electron chi connectivity index (χ1n) is 8.54. The second-order valence-corrected chi connectivity index (χ2v) is 6.01. The Bertz CT molecular complexity index is 630. The summed E-state index contributed by atoms with van der Waals surface area (Å²) in [5, 5.41) is 7.49. The Balaban J connectivity index is 1.67. The van der Waals surface area contributed by atoms with Gasteiger partial charge >= 0.3 is 6.03 Å². The Kier molecular flexibility index (Phi) is 7.49. The van der Waals surface area contributed by atoms with E-state index in [0.29, 0.717) is 38.4 Å². The number of benzene rings is 1. The van der Waals surface area contributed by atoms with Gasteiger partial charge in [0, 0.05) is 38.4 Å². The molecule has 1 heterocycles. The van der Waals surface area contributed by atoms with Gasteiger partial charge in [0.25, 0.3) is 0 Å². The number of nitrogens with one attached hydrogen (secondary N) is 3. The monoisotopic (exact) mass is 365 g/mol. The van der Waals surface area contributed by atoms with Crippen LogP contribution in [-0.2, 0) is 9.59 Å². The van der Waals surface area contributed by atoms with Gasteiger partial charge in [0.05, 0.1) is 13.1 Å². The van der Waals surface area contributed by atoms with Gasteiger partial charge in [-0.3, -0.25) is 24.7 Å². The maximum absolute atomic E-state index is 12.9. The summed E-state index contributed by atoms with van der Waals surface area (Å²) in [5.41, 5.74) is 0.553. The average Bonchev–Trinajstić information content (AvgIpc) is 2.59. The Hall–Kier alpha value is -2.52. The first-order chi connectivity index (χ1) is 12.5. The van der Waals surface area contributed by atoms with Gasteiger partial charge in [-0.15, -0.1) is 0 Å². The first kappa shape index (κ1) is 19.8. The van der Waals surface area contributed by atoms with Crippen molar-refractivity contribution in [3.05, 3.63) is 30.1 Å². The zero-order valence-corrected chi connectivity index (χ0v) is 14.8. The lowest BCUT2D eigenvalue weighted by Crippen LogP contribution is -2.52. The van der Waals surface area contributed by atoms with Gasteiger partial charge in [0.2, 0.25) is 11.8 Å². The van der Waals surface area contributed by atoms with E-state index in [9.17, 15) is 18.8 Å². The van der Waals surface area contributed by atoms with Crippen molar-refractivity contribution in [2.45, 2.75) is 6.92 Å². The van der Waals surface area contributed by atoms with E-state index < -0.39 is 6.03 Å². The number of carbonyl (C=O) groups is 3. The molecule has 3 N–H and O–H groups in total. The molecule has 1 aromatic rings. The maximum Gasteiger partial charge on any atom is 0.321 e. The van der Waals surface area contributed by atoms with E-state index in [1.54, 1.807) is 6.92 Å². The van der Waals surface area contributed by atoms with Gasteiger partial charge in [-0.25, -0.2) is 9.18 Å². The Labute approximate surface area is 151 Å². The number of piperazine rings is 1. The van der Waals surface area contributed by atoms with Gasteiger partial charge in [-0.05, 0) is 31.2 Å². The third-order valence-electron chi connectivity index (χ3n) is 3.92. The largest absolute Gasteiger partial charge is 0.338 e. The summed E-state index contributed by atoms with van der Waals surface area (Å²) in [7, 11) is 0. The Morgan fingerprint density at radius 1 is 0.962 bits per heavy atom. The highest BCUT2D eigenvalue weighted by atomic mass is 19.1. The quantitative estimate of drug-likeness (QED) is 0.671.